The van der Waals surface area contributed by atoms with Crippen LogP contribution in [0.15, 0.2) is 36.5 Å². The van der Waals surface area contributed by atoms with Crippen molar-refractivity contribution in [2.45, 2.75) is 31.7 Å². The number of urea groups is 1. The number of benzene rings is 1. The van der Waals surface area contributed by atoms with E-state index < -0.39 is 5.97 Å². The fourth-order valence-electron chi connectivity index (χ4n) is 3.02. The zero-order valence-electron chi connectivity index (χ0n) is 13.2. The molecule has 1 aromatic heterocycles. The molecule has 0 aliphatic heterocycles. The summed E-state index contributed by atoms with van der Waals surface area (Å²) in [4.78, 5) is 23.1. The van der Waals surface area contributed by atoms with E-state index in [1.807, 2.05) is 30.3 Å². The number of carboxylic acid groups (broad SMARTS) is 1. The van der Waals surface area contributed by atoms with E-state index in [0.717, 1.165) is 11.3 Å². The molecule has 24 heavy (non-hydrogen) atoms. The zero-order valence-corrected chi connectivity index (χ0v) is 13.2. The summed E-state index contributed by atoms with van der Waals surface area (Å²) >= 11 is 0. The van der Waals surface area contributed by atoms with Crippen LogP contribution in [0.25, 0.3) is 11.3 Å². The van der Waals surface area contributed by atoms with Gasteiger partial charge in [-0.05, 0) is 43.9 Å². The van der Waals surface area contributed by atoms with Crippen LogP contribution in [0.5, 0.6) is 0 Å². The fourth-order valence-corrected chi connectivity index (χ4v) is 3.02. The lowest BCUT2D eigenvalue weighted by atomic mass is 9.86. The second-order valence-electron chi connectivity index (χ2n) is 6.04. The van der Waals surface area contributed by atoms with Crippen molar-refractivity contribution in [3.8, 4) is 11.3 Å². The van der Waals surface area contributed by atoms with Crippen LogP contribution in [0.1, 0.15) is 25.7 Å². The maximum atomic E-state index is 12.1. The summed E-state index contributed by atoms with van der Waals surface area (Å²) in [5.41, 5.74) is 2.51. The second-order valence-corrected chi connectivity index (χ2v) is 6.04. The molecule has 126 valence electrons. The zero-order chi connectivity index (χ0) is 16.9. The predicted molar refractivity (Wildman–Crippen MR) is 89.6 cm³/mol. The van der Waals surface area contributed by atoms with Crippen LogP contribution >= 0.6 is 0 Å². The molecule has 1 aliphatic rings. The van der Waals surface area contributed by atoms with Crippen LogP contribution < -0.4 is 10.6 Å². The maximum Gasteiger partial charge on any atom is 0.319 e. The summed E-state index contributed by atoms with van der Waals surface area (Å²) in [6, 6.07) is 9.11. The molecular formula is C17H20N4O3. The third kappa shape index (κ3) is 3.92. The molecule has 7 heteroatoms. The number of carbonyl (C=O) groups excluding carboxylic acids is 1. The summed E-state index contributed by atoms with van der Waals surface area (Å²) < 4.78 is 0. The third-order valence-corrected chi connectivity index (χ3v) is 4.34. The van der Waals surface area contributed by atoms with Crippen molar-refractivity contribution in [3.05, 3.63) is 36.5 Å². The largest absolute Gasteiger partial charge is 0.481 e. The molecule has 1 heterocycles. The number of hydrogen-bond donors (Lipinski definition) is 4. The standard InChI is InChI=1S/C17H20N4O3/c22-16(23)11-4-6-13(7-5-11)19-17(24)20-14-3-1-2-12(10-14)15-8-9-18-21-15/h1-3,8-11,13H,4-7H2,(H,18,21)(H,22,23)(H2,19,20,24). The van der Waals surface area contributed by atoms with E-state index in [9.17, 15) is 9.59 Å². The van der Waals surface area contributed by atoms with Gasteiger partial charge in [0.05, 0.1) is 11.6 Å². The molecule has 0 saturated heterocycles. The highest BCUT2D eigenvalue weighted by Gasteiger charge is 2.26. The van der Waals surface area contributed by atoms with E-state index >= 15 is 0 Å². The minimum Gasteiger partial charge on any atom is -0.481 e. The Balaban J connectivity index is 1.54. The van der Waals surface area contributed by atoms with Gasteiger partial charge in [-0.25, -0.2) is 4.79 Å². The minimum absolute atomic E-state index is 0.0244. The Kier molecular flexibility index (Phi) is 4.79. The first-order valence-corrected chi connectivity index (χ1v) is 8.02. The van der Waals surface area contributed by atoms with E-state index in [1.54, 1.807) is 6.20 Å². The van der Waals surface area contributed by atoms with Crippen LogP contribution in [0.2, 0.25) is 0 Å². The highest BCUT2D eigenvalue weighted by atomic mass is 16.4. The first kappa shape index (κ1) is 16.0. The van der Waals surface area contributed by atoms with E-state index in [-0.39, 0.29) is 18.0 Å². The normalized spacial score (nSPS) is 20.3. The Morgan fingerprint density at radius 2 is 1.96 bits per heavy atom. The number of aromatic nitrogens is 2. The molecular weight excluding hydrogens is 308 g/mol. The van der Waals surface area contributed by atoms with Gasteiger partial charge in [-0.15, -0.1) is 0 Å². The van der Waals surface area contributed by atoms with Crippen molar-refractivity contribution in [1.29, 1.82) is 0 Å². The monoisotopic (exact) mass is 328 g/mol. The predicted octanol–water partition coefficient (Wildman–Crippen LogP) is 2.84. The van der Waals surface area contributed by atoms with Gasteiger partial charge in [-0.1, -0.05) is 12.1 Å². The van der Waals surface area contributed by atoms with Gasteiger partial charge < -0.3 is 15.7 Å². The van der Waals surface area contributed by atoms with E-state index in [4.69, 9.17) is 5.11 Å². The molecule has 0 bridgehead atoms. The van der Waals surface area contributed by atoms with Gasteiger partial charge >= 0.3 is 12.0 Å². The number of nitrogens with zero attached hydrogens (tertiary/aromatic N) is 1. The Morgan fingerprint density at radius 1 is 1.17 bits per heavy atom. The summed E-state index contributed by atoms with van der Waals surface area (Å²) in [6.45, 7) is 0. The molecule has 1 saturated carbocycles. The van der Waals surface area contributed by atoms with Gasteiger partial charge in [0.25, 0.3) is 0 Å². The van der Waals surface area contributed by atoms with E-state index in [0.29, 0.717) is 31.4 Å². The van der Waals surface area contributed by atoms with Crippen LogP contribution in [0.3, 0.4) is 0 Å². The van der Waals surface area contributed by atoms with Crippen molar-refractivity contribution < 1.29 is 14.7 Å². The van der Waals surface area contributed by atoms with Crippen molar-refractivity contribution in [2.24, 2.45) is 5.92 Å². The SMILES string of the molecule is O=C(Nc1cccc(-c2ccn[nH]2)c1)NC1CCC(C(=O)O)CC1. The number of rotatable bonds is 4. The van der Waals surface area contributed by atoms with Crippen molar-refractivity contribution in [1.82, 2.24) is 15.5 Å². The summed E-state index contributed by atoms with van der Waals surface area (Å²) in [5, 5.41) is 21.5. The summed E-state index contributed by atoms with van der Waals surface area (Å²) in [5.74, 6) is -1.02. The van der Waals surface area contributed by atoms with Crippen molar-refractivity contribution in [2.75, 3.05) is 5.32 Å². The molecule has 0 radical (unpaired) electrons. The van der Waals surface area contributed by atoms with E-state index in [2.05, 4.69) is 20.8 Å². The molecule has 4 N–H and O–H groups in total. The number of carboxylic acids is 1. The number of nitrogens with one attached hydrogen (secondary N) is 3. The molecule has 0 spiro atoms. The van der Waals surface area contributed by atoms with Crippen LogP contribution in [0, 0.1) is 5.92 Å². The van der Waals surface area contributed by atoms with Crippen LogP contribution in [0.4, 0.5) is 10.5 Å². The lowest BCUT2D eigenvalue weighted by molar-refractivity contribution is -0.142. The number of aromatic amines is 1. The molecule has 1 aliphatic carbocycles. The number of aliphatic carboxylic acids is 1. The molecule has 1 fully saturated rings. The lowest BCUT2D eigenvalue weighted by Gasteiger charge is -2.26. The molecule has 2 amide bonds. The number of amides is 2. The van der Waals surface area contributed by atoms with Crippen LogP contribution in [-0.2, 0) is 4.79 Å². The molecule has 7 nitrogen and oxygen atoms in total. The Hall–Kier alpha value is -2.83. The Morgan fingerprint density at radius 3 is 2.62 bits per heavy atom. The molecule has 0 unspecified atom stereocenters. The summed E-state index contributed by atoms with van der Waals surface area (Å²) in [7, 11) is 0. The lowest BCUT2D eigenvalue weighted by Crippen LogP contribution is -2.40. The van der Waals surface area contributed by atoms with Crippen LogP contribution in [-0.4, -0.2) is 33.3 Å². The number of carbonyl (C=O) groups is 2. The number of hydrogen-bond acceptors (Lipinski definition) is 3. The number of anilines is 1. The molecule has 2 aromatic rings. The fraction of sp³-hybridized carbons (Fsp3) is 0.353. The quantitative estimate of drug-likeness (QED) is 0.692. The van der Waals surface area contributed by atoms with Gasteiger partial charge in [0, 0.05) is 23.5 Å². The van der Waals surface area contributed by atoms with Crippen molar-refractivity contribution in [3.63, 3.8) is 0 Å². The first-order chi connectivity index (χ1) is 11.6. The average Bonchev–Trinajstić information content (AvgIpc) is 3.10. The maximum absolute atomic E-state index is 12.1. The first-order valence-electron chi connectivity index (χ1n) is 8.02. The van der Waals surface area contributed by atoms with Gasteiger partial charge in [-0.3, -0.25) is 9.89 Å². The smallest absolute Gasteiger partial charge is 0.319 e. The van der Waals surface area contributed by atoms with Gasteiger partial charge in [0.1, 0.15) is 0 Å². The molecule has 3 rings (SSSR count). The second kappa shape index (κ2) is 7.16. The average molecular weight is 328 g/mol. The van der Waals surface area contributed by atoms with Gasteiger partial charge in [0.15, 0.2) is 0 Å². The minimum atomic E-state index is -0.742. The van der Waals surface area contributed by atoms with E-state index in [1.165, 1.54) is 0 Å². The van der Waals surface area contributed by atoms with Gasteiger partial charge in [-0.2, -0.15) is 5.10 Å². The summed E-state index contributed by atoms with van der Waals surface area (Å²) in [6.07, 6.45) is 4.28. The Bertz CT molecular complexity index is 706. The highest BCUT2D eigenvalue weighted by molar-refractivity contribution is 5.90. The molecule has 1 aromatic carbocycles. The van der Waals surface area contributed by atoms with Crippen molar-refractivity contribution >= 4 is 17.7 Å². The molecule has 0 atom stereocenters. The third-order valence-electron chi connectivity index (χ3n) is 4.34. The number of H-pyrrole nitrogens is 1. The highest BCUT2D eigenvalue weighted by Crippen LogP contribution is 2.25. The Labute approximate surface area is 139 Å². The van der Waals surface area contributed by atoms with Gasteiger partial charge in [0.2, 0.25) is 0 Å². The topological polar surface area (TPSA) is 107 Å².